The van der Waals surface area contributed by atoms with Crippen molar-refractivity contribution < 1.29 is 9.32 Å². The van der Waals surface area contributed by atoms with E-state index in [-0.39, 0.29) is 11.9 Å². The summed E-state index contributed by atoms with van der Waals surface area (Å²) < 4.78 is 4.99. The maximum Gasteiger partial charge on any atom is 0.251 e. The summed E-state index contributed by atoms with van der Waals surface area (Å²) in [5.41, 5.74) is 1.49. The Bertz CT molecular complexity index is 755. The zero-order chi connectivity index (χ0) is 17.4. The lowest BCUT2D eigenvalue weighted by atomic mass is 9.91. The number of carbonyl (C=O) groups is 1. The molecule has 0 radical (unpaired) electrons. The van der Waals surface area contributed by atoms with Crippen molar-refractivity contribution >= 4 is 5.91 Å². The van der Waals surface area contributed by atoms with Crippen LogP contribution in [0.25, 0.3) is 11.4 Å². The van der Waals surface area contributed by atoms with Gasteiger partial charge in [-0.2, -0.15) is 4.98 Å². The van der Waals surface area contributed by atoms with Gasteiger partial charge in [0, 0.05) is 43.2 Å². The number of likely N-dealkylation sites (tertiary alicyclic amines) is 1. The summed E-state index contributed by atoms with van der Waals surface area (Å²) in [4.78, 5) is 19.2. The van der Waals surface area contributed by atoms with Crippen molar-refractivity contribution in [1.82, 2.24) is 20.4 Å². The first-order chi connectivity index (χ1) is 12.1. The predicted molar refractivity (Wildman–Crippen MR) is 94.1 cm³/mol. The van der Waals surface area contributed by atoms with Crippen molar-refractivity contribution in [3.05, 3.63) is 35.7 Å². The highest BCUT2D eigenvalue weighted by Gasteiger charge is 2.41. The van der Waals surface area contributed by atoms with Gasteiger partial charge in [0.1, 0.15) is 0 Å². The quantitative estimate of drug-likeness (QED) is 0.906. The third-order valence-electron chi connectivity index (χ3n) is 5.38. The highest BCUT2D eigenvalue weighted by molar-refractivity contribution is 5.94. The molecule has 2 aliphatic rings. The number of hydrogen-bond donors (Lipinski definition) is 1. The molecule has 2 heterocycles. The Morgan fingerprint density at radius 2 is 2.16 bits per heavy atom. The Balaban J connectivity index is 1.33. The Morgan fingerprint density at radius 3 is 2.84 bits per heavy atom. The van der Waals surface area contributed by atoms with Gasteiger partial charge >= 0.3 is 0 Å². The van der Waals surface area contributed by atoms with Gasteiger partial charge in [-0.1, -0.05) is 23.7 Å². The average molecular weight is 340 g/mol. The SMILES string of the molecule is Cc1nc(-c2ccc(C(=O)N[C@H](C)CN3CC4CCCC43)cc2)no1. The van der Waals surface area contributed by atoms with Crippen LogP contribution in [0.15, 0.2) is 28.8 Å². The number of fused-ring (bicyclic) bond motifs is 1. The number of rotatable bonds is 5. The summed E-state index contributed by atoms with van der Waals surface area (Å²) in [6, 6.07) is 8.22. The number of carbonyl (C=O) groups excluding carboxylic acids is 1. The van der Waals surface area contributed by atoms with E-state index in [1.54, 1.807) is 19.1 Å². The zero-order valence-electron chi connectivity index (χ0n) is 14.7. The smallest absolute Gasteiger partial charge is 0.251 e. The van der Waals surface area contributed by atoms with Crippen molar-refractivity contribution in [2.24, 2.45) is 5.92 Å². The molecule has 2 unspecified atom stereocenters. The molecule has 1 saturated carbocycles. The van der Waals surface area contributed by atoms with Crippen LogP contribution in [0.4, 0.5) is 0 Å². The maximum atomic E-state index is 12.4. The second-order valence-electron chi connectivity index (χ2n) is 7.30. The Hall–Kier alpha value is -2.21. The van der Waals surface area contributed by atoms with Crippen molar-refractivity contribution in [2.75, 3.05) is 13.1 Å². The molecule has 1 aliphatic heterocycles. The van der Waals surface area contributed by atoms with Crippen LogP contribution in [0, 0.1) is 12.8 Å². The summed E-state index contributed by atoms with van der Waals surface area (Å²) in [7, 11) is 0. The minimum atomic E-state index is -0.0353. The zero-order valence-corrected chi connectivity index (χ0v) is 14.7. The van der Waals surface area contributed by atoms with Crippen LogP contribution in [-0.2, 0) is 0 Å². The van der Waals surface area contributed by atoms with Crippen LogP contribution in [0.1, 0.15) is 42.4 Å². The van der Waals surface area contributed by atoms with E-state index in [0.29, 0.717) is 17.3 Å². The molecule has 1 saturated heterocycles. The van der Waals surface area contributed by atoms with Crippen LogP contribution < -0.4 is 5.32 Å². The lowest BCUT2D eigenvalue weighted by Gasteiger charge is -2.45. The van der Waals surface area contributed by atoms with Gasteiger partial charge < -0.3 is 9.84 Å². The first-order valence-electron chi connectivity index (χ1n) is 9.06. The molecular weight excluding hydrogens is 316 g/mol. The number of amides is 1. The minimum absolute atomic E-state index is 0.0353. The third-order valence-corrected chi connectivity index (χ3v) is 5.38. The second-order valence-corrected chi connectivity index (χ2v) is 7.30. The van der Waals surface area contributed by atoms with E-state index < -0.39 is 0 Å². The Labute approximate surface area is 147 Å². The largest absolute Gasteiger partial charge is 0.348 e. The molecule has 0 spiro atoms. The second kappa shape index (κ2) is 6.59. The normalized spacial score (nSPS) is 23.8. The van der Waals surface area contributed by atoms with Crippen LogP contribution in [0.3, 0.4) is 0 Å². The van der Waals surface area contributed by atoms with Crippen LogP contribution >= 0.6 is 0 Å². The van der Waals surface area contributed by atoms with E-state index in [9.17, 15) is 4.79 Å². The van der Waals surface area contributed by atoms with Crippen LogP contribution in [-0.4, -0.2) is 46.1 Å². The van der Waals surface area contributed by atoms with Gasteiger partial charge in [0.25, 0.3) is 5.91 Å². The van der Waals surface area contributed by atoms with E-state index in [0.717, 1.165) is 24.1 Å². The highest BCUT2D eigenvalue weighted by Crippen LogP contribution is 2.38. The monoisotopic (exact) mass is 340 g/mol. The van der Waals surface area contributed by atoms with Gasteiger partial charge in [-0.05, 0) is 37.8 Å². The highest BCUT2D eigenvalue weighted by atomic mass is 16.5. The molecular formula is C19H24N4O2. The molecule has 3 atom stereocenters. The van der Waals surface area contributed by atoms with Gasteiger partial charge in [-0.15, -0.1) is 0 Å². The summed E-state index contributed by atoms with van der Waals surface area (Å²) in [5.74, 6) is 1.94. The average Bonchev–Trinajstić information content (AvgIpc) is 3.18. The number of benzene rings is 1. The summed E-state index contributed by atoms with van der Waals surface area (Å²) >= 11 is 0. The van der Waals surface area contributed by atoms with Gasteiger partial charge in [0.15, 0.2) is 0 Å². The maximum absolute atomic E-state index is 12.4. The molecule has 4 rings (SSSR count). The number of nitrogens with zero attached hydrogens (tertiary/aromatic N) is 3. The summed E-state index contributed by atoms with van der Waals surface area (Å²) in [6.07, 6.45) is 4.06. The van der Waals surface area contributed by atoms with Gasteiger partial charge in [-0.3, -0.25) is 9.69 Å². The molecule has 132 valence electrons. The van der Waals surface area contributed by atoms with Crippen LogP contribution in [0.5, 0.6) is 0 Å². The molecule has 1 aliphatic carbocycles. The molecule has 1 aromatic carbocycles. The van der Waals surface area contributed by atoms with Crippen molar-refractivity contribution in [3.63, 3.8) is 0 Å². The number of aromatic nitrogens is 2. The lowest BCUT2D eigenvalue weighted by molar-refractivity contribution is 0.0307. The van der Waals surface area contributed by atoms with Gasteiger partial charge in [0.2, 0.25) is 11.7 Å². The number of nitrogens with one attached hydrogen (secondary N) is 1. The van der Waals surface area contributed by atoms with E-state index in [1.165, 1.54) is 25.8 Å². The molecule has 1 N–H and O–H groups in total. The minimum Gasteiger partial charge on any atom is -0.348 e. The molecule has 6 heteroatoms. The standard InChI is InChI=1S/C19H24N4O2/c1-12(10-23-11-16-4-3-5-17(16)23)20-19(24)15-8-6-14(7-9-15)18-21-13(2)25-22-18/h6-9,12,16-17H,3-5,10-11H2,1-2H3,(H,20,24)/t12-,16?,17?/m1/s1. The predicted octanol–water partition coefficient (Wildman–Crippen LogP) is 2.65. The first-order valence-corrected chi connectivity index (χ1v) is 9.06. The Kier molecular flexibility index (Phi) is 4.29. The first kappa shape index (κ1) is 16.3. The molecule has 6 nitrogen and oxygen atoms in total. The van der Waals surface area contributed by atoms with Crippen molar-refractivity contribution in [1.29, 1.82) is 0 Å². The lowest BCUT2D eigenvalue weighted by Crippen LogP contribution is -2.57. The summed E-state index contributed by atoms with van der Waals surface area (Å²) in [5, 5.41) is 7.00. The Morgan fingerprint density at radius 1 is 1.36 bits per heavy atom. The van der Waals surface area contributed by atoms with E-state index >= 15 is 0 Å². The van der Waals surface area contributed by atoms with Gasteiger partial charge in [0.05, 0.1) is 0 Å². The fourth-order valence-corrected chi connectivity index (χ4v) is 4.11. The molecule has 1 aromatic heterocycles. The molecule has 1 amide bonds. The van der Waals surface area contributed by atoms with E-state index in [1.807, 2.05) is 12.1 Å². The molecule has 2 aromatic rings. The molecule has 2 fully saturated rings. The fraction of sp³-hybridized carbons (Fsp3) is 0.526. The number of aryl methyl sites for hydroxylation is 1. The third kappa shape index (κ3) is 3.31. The summed E-state index contributed by atoms with van der Waals surface area (Å²) in [6.45, 7) is 5.97. The fourth-order valence-electron chi connectivity index (χ4n) is 4.11. The van der Waals surface area contributed by atoms with Gasteiger partial charge in [-0.25, -0.2) is 0 Å². The topological polar surface area (TPSA) is 71.3 Å². The van der Waals surface area contributed by atoms with Crippen LogP contribution in [0.2, 0.25) is 0 Å². The number of hydrogen-bond acceptors (Lipinski definition) is 5. The molecule has 25 heavy (non-hydrogen) atoms. The molecule has 0 bridgehead atoms. The van der Waals surface area contributed by atoms with Crippen molar-refractivity contribution in [2.45, 2.75) is 45.2 Å². The van der Waals surface area contributed by atoms with Crippen molar-refractivity contribution in [3.8, 4) is 11.4 Å². The van der Waals surface area contributed by atoms with E-state index in [2.05, 4.69) is 27.3 Å². The van der Waals surface area contributed by atoms with E-state index in [4.69, 9.17) is 4.52 Å².